The van der Waals surface area contributed by atoms with Crippen molar-refractivity contribution in [2.75, 3.05) is 25.3 Å². The second-order valence-electron chi connectivity index (χ2n) is 5.90. The van der Waals surface area contributed by atoms with Crippen LogP contribution < -0.4 is 0 Å². The van der Waals surface area contributed by atoms with Crippen molar-refractivity contribution < 1.29 is 4.39 Å². The summed E-state index contributed by atoms with van der Waals surface area (Å²) in [7, 11) is 1.53. The normalized spacial score (nSPS) is 31.9. The molecule has 0 N–H and O–H groups in total. The van der Waals surface area contributed by atoms with Crippen molar-refractivity contribution in [3.8, 4) is 0 Å². The number of nitrogens with zero attached hydrogens (tertiary/aromatic N) is 1. The van der Waals surface area contributed by atoms with Crippen LogP contribution in [0.4, 0.5) is 4.39 Å². The van der Waals surface area contributed by atoms with Crippen molar-refractivity contribution in [1.82, 2.24) is 4.90 Å². The SMILES string of the molecule is C=C/C(F)=C(\C=C1/C(C)CS(C)(C)C(C)N1C)CC. The first-order valence-corrected chi connectivity index (χ1v) is 9.58. The zero-order valence-electron chi connectivity index (χ0n) is 13.2. The summed E-state index contributed by atoms with van der Waals surface area (Å²) in [6, 6.07) is 0. The van der Waals surface area contributed by atoms with E-state index < -0.39 is 10.0 Å². The van der Waals surface area contributed by atoms with E-state index in [1.165, 1.54) is 17.5 Å². The fraction of sp³-hybridized carbons (Fsp3) is 0.625. The molecule has 2 atom stereocenters. The topological polar surface area (TPSA) is 3.24 Å². The van der Waals surface area contributed by atoms with Gasteiger partial charge in [0.15, 0.2) is 0 Å². The molecule has 0 aromatic heterocycles. The van der Waals surface area contributed by atoms with Gasteiger partial charge in [0.1, 0.15) is 5.83 Å². The van der Waals surface area contributed by atoms with E-state index in [0.717, 1.165) is 5.57 Å². The Morgan fingerprint density at radius 2 is 2.05 bits per heavy atom. The lowest BCUT2D eigenvalue weighted by Crippen LogP contribution is -2.42. The lowest BCUT2D eigenvalue weighted by Gasteiger charge is -2.52. The summed E-state index contributed by atoms with van der Waals surface area (Å²) in [5.74, 6) is 1.52. The van der Waals surface area contributed by atoms with Crippen LogP contribution in [-0.2, 0) is 0 Å². The van der Waals surface area contributed by atoms with Crippen molar-refractivity contribution in [2.24, 2.45) is 5.92 Å². The molecule has 1 fully saturated rings. The van der Waals surface area contributed by atoms with Crippen LogP contribution in [0.2, 0.25) is 0 Å². The van der Waals surface area contributed by atoms with Gasteiger partial charge in [-0.05, 0) is 49.3 Å². The quantitative estimate of drug-likeness (QED) is 0.680. The molecule has 3 heteroatoms. The lowest BCUT2D eigenvalue weighted by molar-refractivity contribution is 0.350. The van der Waals surface area contributed by atoms with Crippen LogP contribution in [0.3, 0.4) is 0 Å². The van der Waals surface area contributed by atoms with Gasteiger partial charge in [0.2, 0.25) is 0 Å². The first kappa shape index (κ1) is 16.4. The molecule has 1 heterocycles. The Morgan fingerprint density at radius 1 is 1.47 bits per heavy atom. The third-order valence-electron chi connectivity index (χ3n) is 4.25. The largest absolute Gasteiger partial charge is 0.367 e. The molecule has 110 valence electrons. The number of hydrogen-bond acceptors (Lipinski definition) is 1. The van der Waals surface area contributed by atoms with Crippen molar-refractivity contribution in [3.63, 3.8) is 0 Å². The fourth-order valence-corrected chi connectivity index (χ4v) is 5.46. The Bertz CT molecular complexity index is 409. The van der Waals surface area contributed by atoms with Gasteiger partial charge in [-0.2, -0.15) is 0 Å². The summed E-state index contributed by atoms with van der Waals surface area (Å²) in [5, 5.41) is 0.542. The molecule has 1 saturated heterocycles. The highest BCUT2D eigenvalue weighted by molar-refractivity contribution is 8.33. The van der Waals surface area contributed by atoms with E-state index in [1.807, 2.05) is 13.0 Å². The zero-order valence-corrected chi connectivity index (χ0v) is 14.0. The molecular weight excluding hydrogens is 257 g/mol. The third-order valence-corrected chi connectivity index (χ3v) is 7.77. The van der Waals surface area contributed by atoms with Crippen LogP contribution in [0, 0.1) is 5.92 Å². The highest BCUT2D eigenvalue weighted by Crippen LogP contribution is 2.53. The standard InChI is InChI=1S/C16H28FNS/c1-8-14(15(17)9-2)10-16-12(3)11-19(6,7)13(4)18(16)5/h9-10,12-13H,2,8,11H2,1,3-7H3/b15-14+,16-10+. The summed E-state index contributed by atoms with van der Waals surface area (Å²) < 4.78 is 13.8. The first-order valence-electron chi connectivity index (χ1n) is 6.90. The van der Waals surface area contributed by atoms with Gasteiger partial charge in [0.05, 0.1) is 5.37 Å². The average Bonchev–Trinajstić information content (AvgIpc) is 2.35. The smallest absolute Gasteiger partial charge is 0.125 e. The maximum atomic E-state index is 13.8. The van der Waals surface area contributed by atoms with E-state index in [1.54, 1.807) is 0 Å². The summed E-state index contributed by atoms with van der Waals surface area (Å²) in [6.07, 6.45) is 8.83. The molecule has 1 rings (SSSR count). The molecule has 0 saturated carbocycles. The molecule has 0 radical (unpaired) electrons. The molecule has 2 unspecified atom stereocenters. The highest BCUT2D eigenvalue weighted by atomic mass is 32.3. The summed E-state index contributed by atoms with van der Waals surface area (Å²) in [5.41, 5.74) is 2.01. The molecule has 19 heavy (non-hydrogen) atoms. The third kappa shape index (κ3) is 3.44. The van der Waals surface area contributed by atoms with E-state index in [-0.39, 0.29) is 5.83 Å². The predicted molar refractivity (Wildman–Crippen MR) is 87.4 cm³/mol. The predicted octanol–water partition coefficient (Wildman–Crippen LogP) is 4.68. The summed E-state index contributed by atoms with van der Waals surface area (Å²) in [4.78, 5) is 2.34. The van der Waals surface area contributed by atoms with Gasteiger partial charge < -0.3 is 4.90 Å². The molecule has 1 nitrogen and oxygen atoms in total. The van der Waals surface area contributed by atoms with Crippen LogP contribution >= 0.6 is 10.0 Å². The number of hydrogen-bond donors (Lipinski definition) is 0. The van der Waals surface area contributed by atoms with Gasteiger partial charge in [-0.15, -0.1) is 0 Å². The monoisotopic (exact) mass is 285 g/mol. The van der Waals surface area contributed by atoms with Gasteiger partial charge in [0, 0.05) is 18.7 Å². The minimum atomic E-state index is -0.606. The van der Waals surface area contributed by atoms with Gasteiger partial charge >= 0.3 is 0 Å². The Labute approximate surface area is 119 Å². The molecule has 1 aliphatic rings. The second kappa shape index (κ2) is 6.17. The van der Waals surface area contributed by atoms with E-state index in [4.69, 9.17) is 0 Å². The molecule has 0 bridgehead atoms. The Hall–Kier alpha value is -0.700. The Kier molecular flexibility index (Phi) is 5.31. The van der Waals surface area contributed by atoms with Gasteiger partial charge in [-0.3, -0.25) is 0 Å². The van der Waals surface area contributed by atoms with Crippen LogP contribution in [-0.4, -0.2) is 35.6 Å². The first-order chi connectivity index (χ1) is 8.74. The minimum Gasteiger partial charge on any atom is -0.367 e. The number of halogens is 1. The van der Waals surface area contributed by atoms with Crippen LogP contribution in [0.15, 0.2) is 35.8 Å². The van der Waals surface area contributed by atoms with Crippen LogP contribution in [0.5, 0.6) is 0 Å². The summed E-state index contributed by atoms with van der Waals surface area (Å²) >= 11 is 0. The van der Waals surface area contributed by atoms with E-state index in [0.29, 0.717) is 17.7 Å². The van der Waals surface area contributed by atoms with Crippen molar-refractivity contribution >= 4 is 10.0 Å². The number of allylic oxidation sites excluding steroid dienone is 5. The molecule has 0 aromatic carbocycles. The Balaban J connectivity index is 3.16. The molecule has 0 aromatic rings. The van der Waals surface area contributed by atoms with Gasteiger partial charge in [-0.1, -0.05) is 20.4 Å². The van der Waals surface area contributed by atoms with Gasteiger partial charge in [-0.25, -0.2) is 14.4 Å². The highest BCUT2D eigenvalue weighted by Gasteiger charge is 2.34. The van der Waals surface area contributed by atoms with Crippen molar-refractivity contribution in [2.45, 2.75) is 32.6 Å². The van der Waals surface area contributed by atoms with E-state index >= 15 is 0 Å². The van der Waals surface area contributed by atoms with Crippen molar-refractivity contribution in [3.05, 3.63) is 35.8 Å². The second-order valence-corrected chi connectivity index (χ2v) is 10.2. The minimum absolute atomic E-state index is 0.194. The molecule has 0 aliphatic carbocycles. The lowest BCUT2D eigenvalue weighted by atomic mass is 10.0. The number of rotatable bonds is 3. The average molecular weight is 285 g/mol. The maximum Gasteiger partial charge on any atom is 0.125 e. The van der Waals surface area contributed by atoms with E-state index in [2.05, 4.69) is 44.9 Å². The molecule has 0 amide bonds. The fourth-order valence-electron chi connectivity index (χ4n) is 2.75. The molecule has 0 spiro atoms. The Morgan fingerprint density at radius 3 is 2.53 bits per heavy atom. The molecule has 1 aliphatic heterocycles. The maximum absolute atomic E-state index is 13.8. The summed E-state index contributed by atoms with van der Waals surface area (Å²) in [6.45, 7) is 10.1. The van der Waals surface area contributed by atoms with Crippen LogP contribution in [0.1, 0.15) is 27.2 Å². The van der Waals surface area contributed by atoms with E-state index in [9.17, 15) is 4.39 Å². The van der Waals surface area contributed by atoms with Crippen LogP contribution in [0.25, 0.3) is 0 Å². The van der Waals surface area contributed by atoms with Gasteiger partial charge in [0.25, 0.3) is 0 Å². The van der Waals surface area contributed by atoms with Crippen molar-refractivity contribution in [1.29, 1.82) is 0 Å². The zero-order chi connectivity index (χ0) is 14.8. The molecular formula is C16H28FNS.